The molecule has 2 aromatic rings. The lowest BCUT2D eigenvalue weighted by atomic mass is 9.85. The number of rotatable bonds is 4. The number of allylic oxidation sites excluding steroid dienone is 4. The van der Waals surface area contributed by atoms with Crippen LogP contribution in [0.1, 0.15) is 60.6 Å². The van der Waals surface area contributed by atoms with Gasteiger partial charge in [0.25, 0.3) is 0 Å². The molecule has 0 heteroatoms. The van der Waals surface area contributed by atoms with Crippen LogP contribution in [-0.4, -0.2) is 0 Å². The summed E-state index contributed by atoms with van der Waals surface area (Å²) in [4.78, 5) is 0. The maximum absolute atomic E-state index is 2.51. The summed E-state index contributed by atoms with van der Waals surface area (Å²) in [5.74, 6) is 0. The van der Waals surface area contributed by atoms with Gasteiger partial charge >= 0.3 is 0 Å². The topological polar surface area (TPSA) is 0 Å². The predicted molar refractivity (Wildman–Crippen MR) is 105 cm³/mol. The van der Waals surface area contributed by atoms with E-state index in [1.54, 1.807) is 16.7 Å². The van der Waals surface area contributed by atoms with Crippen molar-refractivity contribution in [3.05, 3.63) is 75.9 Å². The Labute approximate surface area is 145 Å². The molecule has 24 heavy (non-hydrogen) atoms. The molecule has 0 amide bonds. The van der Waals surface area contributed by atoms with Crippen molar-refractivity contribution in [3.8, 4) is 11.1 Å². The summed E-state index contributed by atoms with van der Waals surface area (Å²) in [6.45, 7) is 6.89. The molecule has 2 aliphatic carbocycles. The molecule has 0 saturated heterocycles. The molecular weight excluding hydrogens is 288 g/mol. The molecule has 0 atom stereocenters. The van der Waals surface area contributed by atoms with E-state index in [0.717, 1.165) is 32.1 Å². The Morgan fingerprint density at radius 2 is 1.75 bits per heavy atom. The number of hydrogen-bond donors (Lipinski definition) is 0. The van der Waals surface area contributed by atoms with Crippen molar-refractivity contribution < 1.29 is 0 Å². The molecule has 0 nitrogen and oxygen atoms in total. The second-order valence-corrected chi connectivity index (χ2v) is 6.93. The first kappa shape index (κ1) is 15.4. The second kappa shape index (κ2) is 6.09. The van der Waals surface area contributed by atoms with Gasteiger partial charge in [0.05, 0.1) is 0 Å². The van der Waals surface area contributed by atoms with E-state index in [2.05, 4.69) is 63.3 Å². The molecule has 0 heterocycles. The summed E-state index contributed by atoms with van der Waals surface area (Å²) in [5, 5.41) is 0. The van der Waals surface area contributed by atoms with Gasteiger partial charge in [0.2, 0.25) is 0 Å². The standard InChI is InChI=1S/C24H26/c1-4-16-12-9-13-19-15-22-21(23(16)19)14-17(5-2)20(6-3)24(22)18-10-7-8-11-18/h7-10,12-14H,4-6,11,15H2,1-3H3. The minimum Gasteiger partial charge on any atom is -0.0801 e. The first-order valence-corrected chi connectivity index (χ1v) is 9.43. The van der Waals surface area contributed by atoms with Gasteiger partial charge in [-0.25, -0.2) is 0 Å². The molecule has 0 spiro atoms. The number of fused-ring (bicyclic) bond motifs is 3. The summed E-state index contributed by atoms with van der Waals surface area (Å²) in [7, 11) is 0. The first-order chi connectivity index (χ1) is 11.8. The van der Waals surface area contributed by atoms with Crippen molar-refractivity contribution >= 4 is 5.57 Å². The third kappa shape index (κ3) is 2.20. The summed E-state index contributed by atoms with van der Waals surface area (Å²) < 4.78 is 0. The molecule has 0 saturated carbocycles. The Morgan fingerprint density at radius 3 is 2.42 bits per heavy atom. The first-order valence-electron chi connectivity index (χ1n) is 9.43. The van der Waals surface area contributed by atoms with Crippen LogP contribution >= 0.6 is 0 Å². The molecule has 0 fully saturated rings. The van der Waals surface area contributed by atoms with Gasteiger partial charge in [-0.1, -0.05) is 63.3 Å². The lowest BCUT2D eigenvalue weighted by molar-refractivity contribution is 1.02. The molecule has 4 rings (SSSR count). The largest absolute Gasteiger partial charge is 0.0801 e. The maximum Gasteiger partial charge on any atom is -0.000719 e. The van der Waals surface area contributed by atoms with Gasteiger partial charge in [-0.3, -0.25) is 0 Å². The number of hydrogen-bond acceptors (Lipinski definition) is 0. The van der Waals surface area contributed by atoms with Crippen molar-refractivity contribution in [2.75, 3.05) is 0 Å². The van der Waals surface area contributed by atoms with Crippen LogP contribution in [0.3, 0.4) is 0 Å². The Bertz CT molecular complexity index is 862. The molecule has 122 valence electrons. The van der Waals surface area contributed by atoms with Gasteiger partial charge in [0.15, 0.2) is 0 Å². The highest BCUT2D eigenvalue weighted by Gasteiger charge is 2.27. The van der Waals surface area contributed by atoms with E-state index in [1.807, 2.05) is 0 Å². The van der Waals surface area contributed by atoms with Gasteiger partial charge in [-0.05, 0) is 82.2 Å². The van der Waals surface area contributed by atoms with Crippen molar-refractivity contribution in [3.63, 3.8) is 0 Å². The third-order valence-electron chi connectivity index (χ3n) is 5.72. The molecule has 0 bridgehead atoms. The van der Waals surface area contributed by atoms with E-state index in [1.165, 1.54) is 33.4 Å². The summed E-state index contributed by atoms with van der Waals surface area (Å²) in [6, 6.07) is 9.38. The summed E-state index contributed by atoms with van der Waals surface area (Å²) in [6.07, 6.45) is 12.4. The normalized spacial score (nSPS) is 14.7. The lowest BCUT2D eigenvalue weighted by Crippen LogP contribution is -2.03. The fraction of sp³-hybridized carbons (Fsp3) is 0.333. The van der Waals surface area contributed by atoms with Crippen LogP contribution in [0.15, 0.2) is 42.5 Å². The van der Waals surface area contributed by atoms with E-state index >= 15 is 0 Å². The Kier molecular flexibility index (Phi) is 3.92. The smallest absolute Gasteiger partial charge is 0.000719 e. The SMILES string of the molecule is CCc1cc2c(c(C3=CC=CC3)c1CC)Cc1cccc(CC)c1-2. The monoisotopic (exact) mass is 314 g/mol. The molecular formula is C24H26. The Hall–Kier alpha value is -2.08. The molecule has 0 unspecified atom stereocenters. The van der Waals surface area contributed by atoms with Crippen molar-refractivity contribution in [2.24, 2.45) is 0 Å². The van der Waals surface area contributed by atoms with Crippen LogP contribution in [0.4, 0.5) is 0 Å². The molecule has 0 aromatic heterocycles. The number of aryl methyl sites for hydroxylation is 2. The van der Waals surface area contributed by atoms with Crippen LogP contribution in [0.2, 0.25) is 0 Å². The van der Waals surface area contributed by atoms with Crippen molar-refractivity contribution in [2.45, 2.75) is 52.9 Å². The zero-order chi connectivity index (χ0) is 16.7. The summed E-state index contributed by atoms with van der Waals surface area (Å²) >= 11 is 0. The van der Waals surface area contributed by atoms with Gasteiger partial charge < -0.3 is 0 Å². The average molecular weight is 314 g/mol. The van der Waals surface area contributed by atoms with E-state index < -0.39 is 0 Å². The molecule has 2 aromatic carbocycles. The van der Waals surface area contributed by atoms with Crippen LogP contribution in [-0.2, 0) is 25.7 Å². The van der Waals surface area contributed by atoms with Crippen LogP contribution in [0, 0.1) is 0 Å². The Morgan fingerprint density at radius 1 is 0.917 bits per heavy atom. The average Bonchev–Trinajstić information content (AvgIpc) is 3.27. The van der Waals surface area contributed by atoms with E-state index in [-0.39, 0.29) is 0 Å². The van der Waals surface area contributed by atoms with Gasteiger partial charge in [-0.2, -0.15) is 0 Å². The maximum atomic E-state index is 2.51. The minimum atomic E-state index is 1.09. The second-order valence-electron chi connectivity index (χ2n) is 6.93. The van der Waals surface area contributed by atoms with Gasteiger partial charge in [0.1, 0.15) is 0 Å². The van der Waals surface area contributed by atoms with E-state index in [4.69, 9.17) is 0 Å². The lowest BCUT2D eigenvalue weighted by Gasteiger charge is -2.20. The molecule has 0 aliphatic heterocycles. The Balaban J connectivity index is 2.03. The minimum absolute atomic E-state index is 1.09. The van der Waals surface area contributed by atoms with Crippen molar-refractivity contribution in [1.29, 1.82) is 0 Å². The van der Waals surface area contributed by atoms with Crippen LogP contribution < -0.4 is 0 Å². The highest BCUT2D eigenvalue weighted by Crippen LogP contribution is 2.46. The predicted octanol–water partition coefficient (Wildman–Crippen LogP) is 6.29. The quantitative estimate of drug-likeness (QED) is 0.531. The number of benzene rings is 2. The molecule has 0 N–H and O–H groups in total. The fourth-order valence-electron chi connectivity index (χ4n) is 4.60. The zero-order valence-electron chi connectivity index (χ0n) is 15.1. The van der Waals surface area contributed by atoms with Gasteiger partial charge in [-0.15, -0.1) is 0 Å². The highest BCUT2D eigenvalue weighted by atomic mass is 14.3. The van der Waals surface area contributed by atoms with Crippen LogP contribution in [0.25, 0.3) is 16.7 Å². The van der Waals surface area contributed by atoms with Gasteiger partial charge in [0, 0.05) is 0 Å². The zero-order valence-corrected chi connectivity index (χ0v) is 15.1. The highest BCUT2D eigenvalue weighted by molar-refractivity contribution is 5.88. The van der Waals surface area contributed by atoms with Crippen molar-refractivity contribution in [1.82, 2.24) is 0 Å². The molecule has 0 radical (unpaired) electrons. The molecule has 2 aliphatic rings. The van der Waals surface area contributed by atoms with Crippen LogP contribution in [0.5, 0.6) is 0 Å². The third-order valence-corrected chi connectivity index (χ3v) is 5.72. The fourth-order valence-corrected chi connectivity index (χ4v) is 4.60. The van der Waals surface area contributed by atoms with E-state index in [0.29, 0.717) is 0 Å². The summed E-state index contributed by atoms with van der Waals surface area (Å²) in [5.41, 5.74) is 13.8. The van der Waals surface area contributed by atoms with E-state index in [9.17, 15) is 0 Å².